The number of oxazole rings is 1. The lowest BCUT2D eigenvalue weighted by molar-refractivity contribution is 0.355. The Morgan fingerprint density at radius 3 is 1.96 bits per heavy atom. The van der Waals surface area contributed by atoms with Gasteiger partial charge in [0.15, 0.2) is 17.3 Å². The molecule has 6 nitrogen and oxygen atoms in total. The van der Waals surface area contributed by atoms with Gasteiger partial charge in [0.25, 0.3) is 0 Å². The zero-order valence-corrected chi connectivity index (χ0v) is 14.5. The van der Waals surface area contributed by atoms with Gasteiger partial charge in [-0.3, -0.25) is 0 Å². The maximum absolute atomic E-state index is 5.98. The van der Waals surface area contributed by atoms with Crippen LogP contribution in [0.25, 0.3) is 22.8 Å². The summed E-state index contributed by atoms with van der Waals surface area (Å²) in [7, 11) is 6.36. The van der Waals surface area contributed by atoms with Crippen molar-refractivity contribution in [3.05, 3.63) is 42.6 Å². The molecule has 0 saturated heterocycles. The number of nitrogens with zero attached hydrogens (tertiary/aromatic N) is 1. The molecule has 130 valence electrons. The molecule has 1 heterocycles. The second-order valence-electron chi connectivity index (χ2n) is 5.11. The second kappa shape index (κ2) is 7.17. The molecule has 0 N–H and O–H groups in total. The lowest BCUT2D eigenvalue weighted by atomic mass is 10.1. The summed E-state index contributed by atoms with van der Waals surface area (Å²) in [6, 6.07) is 11.1. The molecule has 0 fully saturated rings. The summed E-state index contributed by atoms with van der Waals surface area (Å²) < 4.78 is 27.6. The minimum Gasteiger partial charge on any atom is -0.496 e. The van der Waals surface area contributed by atoms with Crippen molar-refractivity contribution < 1.29 is 23.4 Å². The molecular weight excluding hydrogens is 322 g/mol. The van der Waals surface area contributed by atoms with E-state index in [1.54, 1.807) is 34.6 Å². The Kier molecular flexibility index (Phi) is 4.79. The van der Waals surface area contributed by atoms with Crippen molar-refractivity contribution in [2.45, 2.75) is 0 Å². The SMILES string of the molecule is COc1cccc(-c2ncc(-c3c(OC)cccc3OC)o2)c1OC. The predicted octanol–water partition coefficient (Wildman–Crippen LogP) is 4.04. The number of ether oxygens (including phenoxy) is 4. The van der Waals surface area contributed by atoms with E-state index in [2.05, 4.69) is 4.98 Å². The van der Waals surface area contributed by atoms with E-state index in [-0.39, 0.29) is 0 Å². The molecule has 3 aromatic rings. The van der Waals surface area contributed by atoms with Gasteiger partial charge in [-0.1, -0.05) is 12.1 Å². The number of hydrogen-bond donors (Lipinski definition) is 0. The Morgan fingerprint density at radius 1 is 0.760 bits per heavy atom. The van der Waals surface area contributed by atoms with Crippen molar-refractivity contribution in [3.63, 3.8) is 0 Å². The molecule has 0 spiro atoms. The minimum absolute atomic E-state index is 0.415. The number of aromatic nitrogens is 1. The van der Waals surface area contributed by atoms with Gasteiger partial charge in [0.05, 0.1) is 40.2 Å². The quantitative estimate of drug-likeness (QED) is 0.674. The molecule has 0 unspecified atom stereocenters. The highest BCUT2D eigenvalue weighted by molar-refractivity contribution is 5.75. The highest BCUT2D eigenvalue weighted by atomic mass is 16.5. The van der Waals surface area contributed by atoms with E-state index in [1.165, 1.54) is 0 Å². The van der Waals surface area contributed by atoms with Crippen LogP contribution in [0, 0.1) is 0 Å². The molecule has 0 aliphatic carbocycles. The number of hydrogen-bond acceptors (Lipinski definition) is 6. The van der Waals surface area contributed by atoms with Gasteiger partial charge in [-0.05, 0) is 24.3 Å². The van der Waals surface area contributed by atoms with Crippen LogP contribution >= 0.6 is 0 Å². The summed E-state index contributed by atoms with van der Waals surface area (Å²) >= 11 is 0. The molecule has 1 aromatic heterocycles. The van der Waals surface area contributed by atoms with Crippen molar-refractivity contribution in [2.75, 3.05) is 28.4 Å². The van der Waals surface area contributed by atoms with E-state index in [4.69, 9.17) is 23.4 Å². The normalized spacial score (nSPS) is 10.4. The first kappa shape index (κ1) is 16.7. The molecular formula is C19H19NO5. The largest absolute Gasteiger partial charge is 0.496 e. The Balaban J connectivity index is 2.11. The molecule has 25 heavy (non-hydrogen) atoms. The smallest absolute Gasteiger partial charge is 0.230 e. The summed E-state index contributed by atoms with van der Waals surface area (Å²) in [5.41, 5.74) is 1.40. The maximum atomic E-state index is 5.98. The van der Waals surface area contributed by atoms with Crippen LogP contribution in [0.3, 0.4) is 0 Å². The Bertz CT molecular complexity index is 850. The summed E-state index contributed by atoms with van der Waals surface area (Å²) in [5.74, 6) is 3.40. The highest BCUT2D eigenvalue weighted by Gasteiger charge is 2.20. The van der Waals surface area contributed by atoms with E-state index in [0.29, 0.717) is 45.8 Å². The van der Waals surface area contributed by atoms with Crippen LogP contribution in [0.1, 0.15) is 0 Å². The van der Waals surface area contributed by atoms with Crippen LogP contribution < -0.4 is 18.9 Å². The van der Waals surface area contributed by atoms with E-state index in [0.717, 1.165) is 0 Å². The summed E-state index contributed by atoms with van der Waals surface area (Å²) in [4.78, 5) is 4.38. The molecule has 0 bridgehead atoms. The van der Waals surface area contributed by atoms with Gasteiger partial charge >= 0.3 is 0 Å². The standard InChI is InChI=1S/C19H19NO5/c1-21-13-8-6-9-14(22-2)17(13)16-11-20-19(25-16)12-7-5-10-15(23-3)18(12)24-4/h5-11H,1-4H3. The Morgan fingerprint density at radius 2 is 1.36 bits per heavy atom. The number of para-hydroxylation sites is 1. The van der Waals surface area contributed by atoms with Crippen molar-refractivity contribution in [1.82, 2.24) is 4.98 Å². The van der Waals surface area contributed by atoms with E-state index in [9.17, 15) is 0 Å². The van der Waals surface area contributed by atoms with Crippen LogP contribution in [0.5, 0.6) is 23.0 Å². The third kappa shape index (κ3) is 2.98. The molecule has 0 saturated carbocycles. The fourth-order valence-electron chi connectivity index (χ4n) is 2.66. The van der Waals surface area contributed by atoms with Gasteiger partial charge in [-0.2, -0.15) is 0 Å². The average Bonchev–Trinajstić information content (AvgIpc) is 3.15. The first-order chi connectivity index (χ1) is 12.2. The van der Waals surface area contributed by atoms with Crippen molar-refractivity contribution >= 4 is 0 Å². The van der Waals surface area contributed by atoms with Gasteiger partial charge in [-0.15, -0.1) is 0 Å². The average molecular weight is 341 g/mol. The van der Waals surface area contributed by atoms with E-state index in [1.807, 2.05) is 36.4 Å². The monoisotopic (exact) mass is 341 g/mol. The van der Waals surface area contributed by atoms with Crippen molar-refractivity contribution in [2.24, 2.45) is 0 Å². The van der Waals surface area contributed by atoms with Crippen LogP contribution in [0.4, 0.5) is 0 Å². The van der Waals surface area contributed by atoms with Crippen LogP contribution in [0.2, 0.25) is 0 Å². The summed E-state index contributed by atoms with van der Waals surface area (Å²) in [5, 5.41) is 0. The van der Waals surface area contributed by atoms with E-state index < -0.39 is 0 Å². The molecule has 0 atom stereocenters. The number of benzene rings is 2. The second-order valence-corrected chi connectivity index (χ2v) is 5.11. The Labute approximate surface area is 145 Å². The first-order valence-corrected chi connectivity index (χ1v) is 7.62. The maximum Gasteiger partial charge on any atom is 0.230 e. The number of rotatable bonds is 6. The van der Waals surface area contributed by atoms with Gasteiger partial charge in [0.2, 0.25) is 5.89 Å². The van der Waals surface area contributed by atoms with E-state index >= 15 is 0 Å². The highest BCUT2D eigenvalue weighted by Crippen LogP contribution is 2.42. The van der Waals surface area contributed by atoms with Crippen LogP contribution in [-0.4, -0.2) is 33.4 Å². The molecule has 0 amide bonds. The topological polar surface area (TPSA) is 63.0 Å². The predicted molar refractivity (Wildman–Crippen MR) is 93.6 cm³/mol. The van der Waals surface area contributed by atoms with Crippen molar-refractivity contribution in [3.8, 4) is 45.8 Å². The molecule has 0 aliphatic rings. The fraction of sp³-hybridized carbons (Fsp3) is 0.211. The minimum atomic E-state index is 0.415. The number of methoxy groups -OCH3 is 4. The summed E-state index contributed by atoms with van der Waals surface area (Å²) in [6.07, 6.45) is 1.63. The van der Waals surface area contributed by atoms with Gasteiger partial charge in [0, 0.05) is 0 Å². The van der Waals surface area contributed by atoms with Gasteiger partial charge in [0.1, 0.15) is 17.1 Å². The van der Waals surface area contributed by atoms with Crippen molar-refractivity contribution in [1.29, 1.82) is 0 Å². The fourth-order valence-corrected chi connectivity index (χ4v) is 2.66. The molecule has 0 radical (unpaired) electrons. The molecule has 0 aliphatic heterocycles. The molecule has 3 rings (SSSR count). The third-order valence-corrected chi connectivity index (χ3v) is 3.81. The summed E-state index contributed by atoms with van der Waals surface area (Å²) in [6.45, 7) is 0. The molecule has 6 heteroatoms. The third-order valence-electron chi connectivity index (χ3n) is 3.81. The van der Waals surface area contributed by atoms with Crippen LogP contribution in [-0.2, 0) is 0 Å². The zero-order valence-electron chi connectivity index (χ0n) is 14.5. The van der Waals surface area contributed by atoms with Gasteiger partial charge in [-0.25, -0.2) is 4.98 Å². The first-order valence-electron chi connectivity index (χ1n) is 7.62. The Hall–Kier alpha value is -3.15. The lowest BCUT2D eigenvalue weighted by Crippen LogP contribution is -1.93. The van der Waals surface area contributed by atoms with Gasteiger partial charge < -0.3 is 23.4 Å². The zero-order chi connectivity index (χ0) is 17.8. The lowest BCUT2D eigenvalue weighted by Gasteiger charge is -2.11. The molecule has 2 aromatic carbocycles. The van der Waals surface area contributed by atoms with Crippen LogP contribution in [0.15, 0.2) is 47.0 Å².